The maximum Gasteiger partial charge on any atom is 0.272 e. The van der Waals surface area contributed by atoms with Crippen LogP contribution in [0.2, 0.25) is 5.02 Å². The average Bonchev–Trinajstić information content (AvgIpc) is 3.03. The van der Waals surface area contributed by atoms with Crippen molar-refractivity contribution in [3.8, 4) is 0 Å². The van der Waals surface area contributed by atoms with Gasteiger partial charge in [-0.3, -0.25) is 14.2 Å². The molecule has 0 aliphatic carbocycles. The van der Waals surface area contributed by atoms with Crippen LogP contribution in [0.5, 0.6) is 0 Å². The molecule has 8 heteroatoms. The summed E-state index contributed by atoms with van der Waals surface area (Å²) in [6.45, 7) is 2.02. The summed E-state index contributed by atoms with van der Waals surface area (Å²) < 4.78 is 1.91. The zero-order valence-electron chi connectivity index (χ0n) is 14.4. The van der Waals surface area contributed by atoms with Gasteiger partial charge in [-0.1, -0.05) is 23.7 Å². The second kappa shape index (κ2) is 7.09. The lowest BCUT2D eigenvalue weighted by molar-refractivity contribution is -0.121. The number of benzene rings is 1. The van der Waals surface area contributed by atoms with Crippen molar-refractivity contribution in [2.24, 2.45) is 0 Å². The first-order valence-corrected chi connectivity index (χ1v) is 9.48. The summed E-state index contributed by atoms with van der Waals surface area (Å²) in [5.41, 5.74) is 1.35. The van der Waals surface area contributed by atoms with E-state index in [1.54, 1.807) is 25.3 Å². The van der Waals surface area contributed by atoms with E-state index < -0.39 is 0 Å². The Morgan fingerprint density at radius 1 is 1.26 bits per heavy atom. The number of rotatable bonds is 4. The molecule has 3 aromatic heterocycles. The van der Waals surface area contributed by atoms with Crippen LogP contribution in [-0.2, 0) is 17.9 Å². The summed E-state index contributed by atoms with van der Waals surface area (Å²) >= 11 is 7.16. The molecule has 0 saturated heterocycles. The van der Waals surface area contributed by atoms with Gasteiger partial charge in [0.15, 0.2) is 0 Å². The van der Waals surface area contributed by atoms with Gasteiger partial charge in [-0.15, -0.1) is 11.3 Å². The van der Waals surface area contributed by atoms with Crippen molar-refractivity contribution in [1.82, 2.24) is 19.9 Å². The van der Waals surface area contributed by atoms with Crippen molar-refractivity contribution in [2.75, 3.05) is 0 Å². The average molecular weight is 399 g/mol. The molecule has 1 amide bonds. The van der Waals surface area contributed by atoms with E-state index in [4.69, 9.17) is 11.6 Å². The van der Waals surface area contributed by atoms with E-state index >= 15 is 0 Å². The third kappa shape index (κ3) is 3.43. The summed E-state index contributed by atoms with van der Waals surface area (Å²) in [6.07, 6.45) is 1.69. The molecule has 136 valence electrons. The summed E-state index contributed by atoms with van der Waals surface area (Å²) in [4.78, 5) is 34.8. The van der Waals surface area contributed by atoms with Crippen LogP contribution in [0.1, 0.15) is 11.4 Å². The molecular formula is C19H15ClN4O2S. The summed E-state index contributed by atoms with van der Waals surface area (Å²) in [5.74, 6) is 0.244. The van der Waals surface area contributed by atoms with Crippen LogP contribution in [0.25, 0.3) is 20.4 Å². The van der Waals surface area contributed by atoms with Crippen molar-refractivity contribution >= 4 is 49.3 Å². The van der Waals surface area contributed by atoms with Gasteiger partial charge in [-0.25, -0.2) is 9.97 Å². The fourth-order valence-corrected chi connectivity index (χ4v) is 4.01. The Balaban J connectivity index is 1.59. The Morgan fingerprint density at radius 2 is 2.04 bits per heavy atom. The number of thiophene rings is 1. The monoisotopic (exact) mass is 398 g/mol. The normalized spacial score (nSPS) is 11.2. The number of nitrogens with zero attached hydrogens (tertiary/aromatic N) is 3. The van der Waals surface area contributed by atoms with Crippen LogP contribution in [0.4, 0.5) is 0 Å². The minimum atomic E-state index is -0.254. The maximum atomic E-state index is 12.9. The molecule has 0 aliphatic heterocycles. The fraction of sp³-hybridized carbons (Fsp3) is 0.158. The second-order valence-electron chi connectivity index (χ2n) is 6.09. The summed E-state index contributed by atoms with van der Waals surface area (Å²) in [6, 6.07) is 10.9. The minimum absolute atomic E-state index is 0.0805. The van der Waals surface area contributed by atoms with Crippen LogP contribution in [0.15, 0.2) is 47.4 Å². The van der Waals surface area contributed by atoms with Gasteiger partial charge in [0.05, 0.1) is 5.52 Å². The number of aromatic nitrogens is 3. The van der Waals surface area contributed by atoms with E-state index in [0.717, 1.165) is 15.8 Å². The van der Waals surface area contributed by atoms with Crippen LogP contribution >= 0.6 is 22.9 Å². The molecule has 1 aromatic carbocycles. The second-order valence-corrected chi connectivity index (χ2v) is 7.52. The number of aryl methyl sites for hydroxylation is 1. The third-order valence-corrected chi connectivity index (χ3v) is 5.59. The Labute approximate surface area is 163 Å². The van der Waals surface area contributed by atoms with Crippen molar-refractivity contribution in [1.29, 1.82) is 0 Å². The first kappa shape index (κ1) is 17.6. The van der Waals surface area contributed by atoms with E-state index in [0.29, 0.717) is 27.6 Å². The van der Waals surface area contributed by atoms with E-state index in [1.165, 1.54) is 15.9 Å². The number of hydrogen-bond acceptors (Lipinski definition) is 5. The highest BCUT2D eigenvalue weighted by Gasteiger charge is 2.16. The van der Waals surface area contributed by atoms with Crippen molar-refractivity contribution in [2.45, 2.75) is 20.0 Å². The SMILES string of the molecule is Cc1nc2c(sc3ncccc32)c(=O)n1CC(=O)NCc1ccc(Cl)cc1. The van der Waals surface area contributed by atoms with Gasteiger partial charge in [0.2, 0.25) is 5.91 Å². The third-order valence-electron chi connectivity index (χ3n) is 4.25. The molecule has 3 heterocycles. The Bertz CT molecular complexity index is 1210. The fourth-order valence-electron chi connectivity index (χ4n) is 2.86. The Kier molecular flexibility index (Phi) is 4.63. The highest BCUT2D eigenvalue weighted by Crippen LogP contribution is 2.28. The smallest absolute Gasteiger partial charge is 0.272 e. The molecule has 1 N–H and O–H groups in total. The molecular weight excluding hydrogens is 384 g/mol. The number of carbonyl (C=O) groups excluding carboxylic acids is 1. The highest BCUT2D eigenvalue weighted by molar-refractivity contribution is 7.25. The predicted octanol–water partition coefficient (Wildman–Crippen LogP) is 3.28. The van der Waals surface area contributed by atoms with Gasteiger partial charge in [0.25, 0.3) is 5.56 Å². The van der Waals surface area contributed by atoms with E-state index in [9.17, 15) is 9.59 Å². The van der Waals surface area contributed by atoms with Gasteiger partial charge < -0.3 is 5.32 Å². The molecule has 27 heavy (non-hydrogen) atoms. The number of carbonyl (C=O) groups is 1. The molecule has 0 fully saturated rings. The van der Waals surface area contributed by atoms with Gasteiger partial charge in [0, 0.05) is 23.2 Å². The zero-order valence-corrected chi connectivity index (χ0v) is 16.0. The van der Waals surface area contributed by atoms with Crippen LogP contribution in [0, 0.1) is 6.92 Å². The van der Waals surface area contributed by atoms with Crippen molar-refractivity contribution in [3.63, 3.8) is 0 Å². The summed E-state index contributed by atoms with van der Waals surface area (Å²) in [7, 11) is 0. The maximum absolute atomic E-state index is 12.9. The number of nitrogens with one attached hydrogen (secondary N) is 1. The lowest BCUT2D eigenvalue weighted by Gasteiger charge is -2.10. The molecule has 0 bridgehead atoms. The van der Waals surface area contributed by atoms with Crippen molar-refractivity contribution in [3.05, 3.63) is 69.4 Å². The van der Waals surface area contributed by atoms with Gasteiger partial charge in [0.1, 0.15) is 21.9 Å². The number of amides is 1. The molecule has 6 nitrogen and oxygen atoms in total. The molecule has 4 aromatic rings. The highest BCUT2D eigenvalue weighted by atomic mass is 35.5. The lowest BCUT2D eigenvalue weighted by atomic mass is 10.2. The Hall–Kier alpha value is -2.77. The first-order chi connectivity index (χ1) is 13.0. The van der Waals surface area contributed by atoms with Gasteiger partial charge in [-0.05, 0) is 36.8 Å². The number of hydrogen-bond donors (Lipinski definition) is 1. The van der Waals surface area contributed by atoms with E-state index in [1.807, 2.05) is 24.3 Å². The minimum Gasteiger partial charge on any atom is -0.350 e. The number of pyridine rings is 1. The van der Waals surface area contributed by atoms with E-state index in [-0.39, 0.29) is 18.0 Å². The van der Waals surface area contributed by atoms with Crippen LogP contribution < -0.4 is 10.9 Å². The predicted molar refractivity (Wildman–Crippen MR) is 107 cm³/mol. The standard InChI is InChI=1S/C19H15ClN4O2S/c1-11-23-16-14-3-2-8-21-18(14)27-17(16)19(26)24(11)10-15(25)22-9-12-4-6-13(20)7-5-12/h2-8H,9-10H2,1H3,(H,22,25). The van der Waals surface area contributed by atoms with Crippen LogP contribution in [0.3, 0.4) is 0 Å². The molecule has 0 unspecified atom stereocenters. The molecule has 4 rings (SSSR count). The number of halogens is 1. The lowest BCUT2D eigenvalue weighted by Crippen LogP contribution is -2.33. The first-order valence-electron chi connectivity index (χ1n) is 8.29. The largest absolute Gasteiger partial charge is 0.350 e. The molecule has 0 atom stereocenters. The molecule has 0 saturated carbocycles. The Morgan fingerprint density at radius 3 is 2.81 bits per heavy atom. The molecule has 0 spiro atoms. The topological polar surface area (TPSA) is 76.9 Å². The number of fused-ring (bicyclic) bond motifs is 3. The van der Waals surface area contributed by atoms with E-state index in [2.05, 4.69) is 15.3 Å². The van der Waals surface area contributed by atoms with Crippen LogP contribution in [-0.4, -0.2) is 20.4 Å². The van der Waals surface area contributed by atoms with Gasteiger partial charge >= 0.3 is 0 Å². The quantitative estimate of drug-likeness (QED) is 0.572. The summed E-state index contributed by atoms with van der Waals surface area (Å²) in [5, 5.41) is 4.32. The van der Waals surface area contributed by atoms with Gasteiger partial charge in [-0.2, -0.15) is 0 Å². The molecule has 0 aliphatic rings. The zero-order chi connectivity index (χ0) is 19.0. The molecule has 0 radical (unpaired) electrons. The van der Waals surface area contributed by atoms with Crippen molar-refractivity contribution < 1.29 is 4.79 Å².